The summed E-state index contributed by atoms with van der Waals surface area (Å²) in [6.07, 6.45) is 1.93. The van der Waals surface area contributed by atoms with Gasteiger partial charge in [0.2, 0.25) is 21.8 Å². The average Bonchev–Trinajstić information content (AvgIpc) is 2.70. The highest BCUT2D eigenvalue weighted by Gasteiger charge is 2.33. The molecule has 0 saturated carbocycles. The highest BCUT2D eigenvalue weighted by molar-refractivity contribution is 7.89. The number of hydrogen-bond acceptors (Lipinski definition) is 5. The molecule has 1 fully saturated rings. The molecule has 1 aromatic carbocycles. The molecule has 0 aliphatic carbocycles. The number of nitrogens with zero attached hydrogens (tertiary/aromatic N) is 2. The van der Waals surface area contributed by atoms with Gasteiger partial charge >= 0.3 is 0 Å². The highest BCUT2D eigenvalue weighted by atomic mass is 32.2. The maximum absolute atomic E-state index is 13.1. The van der Waals surface area contributed by atoms with Gasteiger partial charge in [-0.05, 0) is 62.5 Å². The van der Waals surface area contributed by atoms with E-state index in [0.29, 0.717) is 51.0 Å². The van der Waals surface area contributed by atoms with Crippen LogP contribution in [0.4, 0.5) is 5.69 Å². The Morgan fingerprint density at radius 2 is 1.90 bits per heavy atom. The van der Waals surface area contributed by atoms with Crippen LogP contribution < -0.4 is 10.6 Å². The number of carbonyl (C=O) groups excluding carboxylic acids is 2. The molecule has 172 valence electrons. The summed E-state index contributed by atoms with van der Waals surface area (Å²) in [5.74, 6) is -0.206. The maximum atomic E-state index is 13.1. The topological polar surface area (TPSA) is 98.8 Å². The number of sulfonamides is 1. The largest absolute Gasteiger partial charge is 0.355 e. The van der Waals surface area contributed by atoms with Gasteiger partial charge < -0.3 is 15.5 Å². The number of amides is 2. The van der Waals surface area contributed by atoms with E-state index in [4.69, 9.17) is 0 Å². The van der Waals surface area contributed by atoms with Crippen molar-refractivity contribution in [3.05, 3.63) is 23.8 Å². The lowest BCUT2D eigenvalue weighted by Crippen LogP contribution is -2.46. The lowest BCUT2D eigenvalue weighted by Gasteiger charge is -2.32. The summed E-state index contributed by atoms with van der Waals surface area (Å²) < 4.78 is 27.7. The molecule has 3 rings (SSSR count). The van der Waals surface area contributed by atoms with Crippen molar-refractivity contribution in [2.75, 3.05) is 45.6 Å². The Bertz CT molecular complexity index is 935. The Morgan fingerprint density at radius 1 is 1.23 bits per heavy atom. The van der Waals surface area contributed by atoms with E-state index >= 15 is 0 Å². The molecular weight excluding hydrogens is 416 g/mol. The number of anilines is 1. The lowest BCUT2D eigenvalue weighted by atomic mass is 9.91. The molecule has 2 amide bonds. The fourth-order valence-corrected chi connectivity index (χ4v) is 5.93. The molecule has 0 unspecified atom stereocenters. The Hall–Kier alpha value is -1.97. The van der Waals surface area contributed by atoms with Crippen molar-refractivity contribution in [1.29, 1.82) is 0 Å². The van der Waals surface area contributed by atoms with Crippen molar-refractivity contribution in [1.82, 2.24) is 14.5 Å². The summed E-state index contributed by atoms with van der Waals surface area (Å²) in [4.78, 5) is 26.5. The van der Waals surface area contributed by atoms with Crippen LogP contribution in [0, 0.1) is 11.3 Å². The lowest BCUT2D eigenvalue weighted by molar-refractivity contribution is -0.126. The zero-order valence-corrected chi connectivity index (χ0v) is 19.7. The quantitative estimate of drug-likeness (QED) is 0.659. The van der Waals surface area contributed by atoms with Gasteiger partial charge in [0, 0.05) is 44.2 Å². The Kier molecular flexibility index (Phi) is 7.08. The molecular formula is C22H34N4O4S. The molecule has 0 radical (unpaired) electrons. The fourth-order valence-electron chi connectivity index (χ4n) is 4.41. The molecule has 2 aliphatic heterocycles. The van der Waals surface area contributed by atoms with Crippen molar-refractivity contribution < 1.29 is 18.0 Å². The van der Waals surface area contributed by atoms with Crippen LogP contribution in [0.5, 0.6) is 0 Å². The third-order valence-electron chi connectivity index (χ3n) is 5.92. The number of piperidine rings is 1. The van der Waals surface area contributed by atoms with E-state index in [2.05, 4.69) is 29.4 Å². The summed E-state index contributed by atoms with van der Waals surface area (Å²) in [6.45, 7) is 6.35. The van der Waals surface area contributed by atoms with Crippen LogP contribution in [0.25, 0.3) is 0 Å². The van der Waals surface area contributed by atoms with Gasteiger partial charge in [-0.2, -0.15) is 4.31 Å². The van der Waals surface area contributed by atoms with Crippen molar-refractivity contribution >= 4 is 27.5 Å². The molecule has 1 saturated heterocycles. The second kappa shape index (κ2) is 9.26. The molecule has 2 heterocycles. The first-order chi connectivity index (χ1) is 14.5. The predicted octanol–water partition coefficient (Wildman–Crippen LogP) is 1.68. The number of benzene rings is 1. The van der Waals surface area contributed by atoms with Crippen molar-refractivity contribution in [3.63, 3.8) is 0 Å². The third kappa shape index (κ3) is 5.84. The molecule has 0 atom stereocenters. The van der Waals surface area contributed by atoms with Crippen molar-refractivity contribution in [2.24, 2.45) is 11.3 Å². The average molecular weight is 451 g/mol. The van der Waals surface area contributed by atoms with Crippen molar-refractivity contribution in [2.45, 2.75) is 44.4 Å². The summed E-state index contributed by atoms with van der Waals surface area (Å²) in [5.41, 5.74) is 1.49. The third-order valence-corrected chi connectivity index (χ3v) is 7.81. The number of fused-ring (bicyclic) bond motifs is 1. The van der Waals surface area contributed by atoms with Gasteiger partial charge in [-0.1, -0.05) is 13.8 Å². The van der Waals surface area contributed by atoms with Gasteiger partial charge in [-0.15, -0.1) is 0 Å². The van der Waals surface area contributed by atoms with Crippen LogP contribution in [0.3, 0.4) is 0 Å². The van der Waals surface area contributed by atoms with Gasteiger partial charge in [-0.3, -0.25) is 9.59 Å². The molecule has 0 aromatic heterocycles. The highest BCUT2D eigenvalue weighted by Crippen LogP contribution is 2.29. The molecule has 31 heavy (non-hydrogen) atoms. The van der Waals surface area contributed by atoms with E-state index in [9.17, 15) is 18.0 Å². The smallest absolute Gasteiger partial charge is 0.243 e. The van der Waals surface area contributed by atoms with Crippen LogP contribution in [0.2, 0.25) is 0 Å². The number of hydrogen-bond donors (Lipinski definition) is 2. The molecule has 0 spiro atoms. The van der Waals surface area contributed by atoms with Gasteiger partial charge in [0.15, 0.2) is 0 Å². The number of rotatable bonds is 7. The minimum Gasteiger partial charge on any atom is -0.355 e. The van der Waals surface area contributed by atoms with Gasteiger partial charge in [-0.25, -0.2) is 8.42 Å². The van der Waals surface area contributed by atoms with E-state index in [1.807, 2.05) is 14.1 Å². The number of carbonyl (C=O) groups is 2. The minimum atomic E-state index is -3.62. The molecule has 0 bridgehead atoms. The minimum absolute atomic E-state index is 0.00778. The second-order valence-electron chi connectivity index (χ2n) is 9.67. The van der Waals surface area contributed by atoms with Crippen LogP contribution in [0.15, 0.2) is 23.1 Å². The van der Waals surface area contributed by atoms with E-state index in [1.165, 1.54) is 4.31 Å². The molecule has 2 N–H and O–H groups in total. The Labute approximate surface area is 185 Å². The zero-order valence-electron chi connectivity index (χ0n) is 18.9. The van der Waals surface area contributed by atoms with Gasteiger partial charge in [0.1, 0.15) is 0 Å². The van der Waals surface area contributed by atoms with Crippen molar-refractivity contribution in [3.8, 4) is 0 Å². The van der Waals surface area contributed by atoms with E-state index in [-0.39, 0.29) is 28.0 Å². The van der Waals surface area contributed by atoms with Crippen LogP contribution in [-0.2, 0) is 26.0 Å². The Balaban J connectivity index is 1.57. The molecule has 9 heteroatoms. The van der Waals surface area contributed by atoms with E-state index in [0.717, 1.165) is 12.1 Å². The van der Waals surface area contributed by atoms with E-state index in [1.54, 1.807) is 18.2 Å². The van der Waals surface area contributed by atoms with Crippen LogP contribution >= 0.6 is 0 Å². The first-order valence-electron chi connectivity index (χ1n) is 10.8. The predicted molar refractivity (Wildman–Crippen MR) is 120 cm³/mol. The van der Waals surface area contributed by atoms with Crippen LogP contribution in [-0.4, -0.2) is 69.7 Å². The van der Waals surface area contributed by atoms with Crippen LogP contribution in [0.1, 0.15) is 38.7 Å². The molecule has 2 aliphatic rings. The van der Waals surface area contributed by atoms with Gasteiger partial charge in [0.25, 0.3) is 0 Å². The number of nitrogens with one attached hydrogen (secondary N) is 2. The normalized spacial score (nSPS) is 18.5. The second-order valence-corrected chi connectivity index (χ2v) is 11.6. The summed E-state index contributed by atoms with van der Waals surface area (Å²) in [7, 11) is 0.401. The SMILES string of the molecule is CN(C)CC(C)(C)CNC(=O)C1CCN(S(=O)(=O)c2ccc3c(c2)CCC(=O)N3)CC1. The van der Waals surface area contributed by atoms with Gasteiger partial charge in [0.05, 0.1) is 4.90 Å². The molecule has 1 aromatic rings. The fraction of sp³-hybridized carbons (Fsp3) is 0.636. The Morgan fingerprint density at radius 3 is 2.55 bits per heavy atom. The first-order valence-corrected chi connectivity index (χ1v) is 12.3. The summed E-state index contributed by atoms with van der Waals surface area (Å²) >= 11 is 0. The molecule has 8 nitrogen and oxygen atoms in total. The first kappa shape index (κ1) is 23.7. The summed E-state index contributed by atoms with van der Waals surface area (Å²) in [5, 5.41) is 5.83. The monoisotopic (exact) mass is 450 g/mol. The maximum Gasteiger partial charge on any atom is 0.243 e. The standard InChI is InChI=1S/C22H34N4O4S/c1-22(2,15-25(3)4)14-23-21(28)16-9-11-26(12-10-16)31(29,30)18-6-7-19-17(13-18)5-8-20(27)24-19/h6-7,13,16H,5,8-12,14-15H2,1-4H3,(H,23,28)(H,24,27). The zero-order chi connectivity index (χ0) is 22.8. The summed E-state index contributed by atoms with van der Waals surface area (Å²) in [6, 6.07) is 4.87. The van der Waals surface area contributed by atoms with E-state index < -0.39 is 10.0 Å². The number of aryl methyl sites for hydroxylation is 1.